The lowest BCUT2D eigenvalue weighted by Gasteiger charge is -2.32. The Morgan fingerprint density at radius 1 is 0.322 bits per heavy atom. The average molecular weight is 1240 g/mol. The van der Waals surface area contributed by atoms with E-state index in [1.54, 1.807) is 0 Å². The minimum absolute atomic E-state index is 0.0342. The van der Waals surface area contributed by atoms with Gasteiger partial charge in [0.05, 0.1) is 51.7 Å². The smallest absolute Gasteiger partial charge is 0.321 e. The fourth-order valence-electron chi connectivity index (χ4n) is 10.3. The van der Waals surface area contributed by atoms with Crippen molar-refractivity contribution in [2.75, 3.05) is 66.8 Å². The molecule has 0 spiro atoms. The zero-order chi connectivity index (χ0) is 64.4. The molecule has 508 valence electrons. The van der Waals surface area contributed by atoms with E-state index in [0.29, 0.717) is 44.9 Å². The summed E-state index contributed by atoms with van der Waals surface area (Å²) in [6.07, 6.45) is 34.0. The van der Waals surface area contributed by atoms with Crippen LogP contribution in [0.2, 0.25) is 0 Å². The van der Waals surface area contributed by atoms with Gasteiger partial charge in [-0.2, -0.15) is 0 Å². The van der Waals surface area contributed by atoms with Crippen LogP contribution in [-0.4, -0.2) is 136 Å². The molecule has 0 bridgehead atoms. The predicted molar refractivity (Wildman–Crippen MR) is 345 cm³/mol. The number of unbranched alkanes of at least 4 members (excludes halogenated alkanes) is 29. The molecule has 0 aliphatic rings. The maximum atomic E-state index is 14.6. The fourth-order valence-corrected chi connectivity index (χ4v) is 10.3. The van der Waals surface area contributed by atoms with Crippen LogP contribution in [0.15, 0.2) is 0 Å². The molecule has 0 aliphatic carbocycles. The van der Waals surface area contributed by atoms with Crippen molar-refractivity contribution in [2.24, 2.45) is 11.8 Å². The third-order valence-corrected chi connectivity index (χ3v) is 15.8. The first-order chi connectivity index (χ1) is 42.2. The SMILES string of the molecule is CCCCCCCCCCOC(=O)CC(C(=O)OCCCCCCCC)C(=O)OCC(COC(=O)C(CC(=O)OCCCCCCCCCC)C(=O)OCCCCCCCC)N(CCCCCN(C)C)C(=O)CCC(=O)OC(CCC)CCCCCC. The van der Waals surface area contributed by atoms with Gasteiger partial charge in [-0.15, -0.1) is 0 Å². The molecule has 17 nitrogen and oxygen atoms in total. The molecule has 0 radical (unpaired) electrons. The average Bonchev–Trinajstić information content (AvgIpc) is 3.43. The largest absolute Gasteiger partial charge is 0.466 e. The van der Waals surface area contributed by atoms with Crippen molar-refractivity contribution in [3.63, 3.8) is 0 Å². The van der Waals surface area contributed by atoms with Crippen molar-refractivity contribution in [3.8, 4) is 0 Å². The van der Waals surface area contributed by atoms with Crippen molar-refractivity contribution in [3.05, 3.63) is 0 Å². The lowest BCUT2D eigenvalue weighted by Crippen LogP contribution is -2.48. The van der Waals surface area contributed by atoms with Gasteiger partial charge in [0.1, 0.15) is 19.3 Å². The highest BCUT2D eigenvalue weighted by Gasteiger charge is 2.37. The maximum absolute atomic E-state index is 14.6. The Bertz CT molecular complexity index is 1660. The Kier molecular flexibility index (Phi) is 56.4. The molecule has 3 unspecified atom stereocenters. The van der Waals surface area contributed by atoms with Crippen molar-refractivity contribution in [2.45, 2.75) is 323 Å². The summed E-state index contributed by atoms with van der Waals surface area (Å²) < 4.78 is 40.1. The molecule has 0 aliphatic heterocycles. The number of rotatable bonds is 62. The normalized spacial score (nSPS) is 12.7. The zero-order valence-electron chi connectivity index (χ0n) is 56.7. The van der Waals surface area contributed by atoms with Crippen LogP contribution < -0.4 is 0 Å². The molecule has 1 amide bonds. The van der Waals surface area contributed by atoms with Crippen molar-refractivity contribution in [1.82, 2.24) is 9.80 Å². The number of carbonyl (C=O) groups is 8. The molecule has 87 heavy (non-hydrogen) atoms. The summed E-state index contributed by atoms with van der Waals surface area (Å²) in [5.74, 6) is -10.1. The summed E-state index contributed by atoms with van der Waals surface area (Å²) in [7, 11) is 3.93. The molecule has 0 heterocycles. The first-order valence-corrected chi connectivity index (χ1v) is 35.3. The lowest BCUT2D eigenvalue weighted by molar-refractivity contribution is -0.171. The maximum Gasteiger partial charge on any atom is 0.321 e. The van der Waals surface area contributed by atoms with Crippen LogP contribution in [0.3, 0.4) is 0 Å². The Morgan fingerprint density at radius 2 is 0.655 bits per heavy atom. The van der Waals surface area contributed by atoms with E-state index in [2.05, 4.69) is 39.5 Å². The highest BCUT2D eigenvalue weighted by Crippen LogP contribution is 2.21. The Morgan fingerprint density at radius 3 is 1.03 bits per heavy atom. The van der Waals surface area contributed by atoms with Crippen molar-refractivity contribution in [1.29, 1.82) is 0 Å². The summed E-state index contributed by atoms with van der Waals surface area (Å²) in [5.41, 5.74) is 0. The molecule has 17 heteroatoms. The van der Waals surface area contributed by atoms with E-state index in [0.717, 1.165) is 167 Å². The third kappa shape index (κ3) is 48.3. The van der Waals surface area contributed by atoms with Gasteiger partial charge in [0.2, 0.25) is 5.91 Å². The van der Waals surface area contributed by atoms with E-state index in [4.69, 9.17) is 33.2 Å². The first kappa shape index (κ1) is 82.7. The van der Waals surface area contributed by atoms with Gasteiger partial charge in [-0.05, 0) is 78.4 Å². The quantitative estimate of drug-likeness (QED) is 0.0240. The van der Waals surface area contributed by atoms with Gasteiger partial charge in [0.15, 0.2) is 11.8 Å². The van der Waals surface area contributed by atoms with Crippen LogP contribution in [-0.2, 0) is 71.5 Å². The second-order valence-electron chi connectivity index (χ2n) is 24.4. The number of nitrogens with zero attached hydrogens (tertiary/aromatic N) is 2. The van der Waals surface area contributed by atoms with E-state index in [-0.39, 0.29) is 51.9 Å². The Balaban J connectivity index is 7.06. The van der Waals surface area contributed by atoms with Gasteiger partial charge >= 0.3 is 41.8 Å². The van der Waals surface area contributed by atoms with Gasteiger partial charge in [-0.3, -0.25) is 38.4 Å². The van der Waals surface area contributed by atoms with Gasteiger partial charge in [-0.25, -0.2) is 0 Å². The van der Waals surface area contributed by atoms with Crippen LogP contribution >= 0.6 is 0 Å². The second kappa shape index (κ2) is 59.3. The summed E-state index contributed by atoms with van der Waals surface area (Å²) in [5, 5.41) is 0. The molecule has 0 aromatic rings. The number of hydrogen-bond acceptors (Lipinski definition) is 16. The van der Waals surface area contributed by atoms with Crippen molar-refractivity contribution < 1.29 is 71.5 Å². The topological polar surface area (TPSA) is 208 Å². The lowest BCUT2D eigenvalue weighted by atomic mass is 10.1. The molecule has 0 aromatic carbocycles. The van der Waals surface area contributed by atoms with E-state index >= 15 is 0 Å². The minimum Gasteiger partial charge on any atom is -0.466 e. The predicted octanol–water partition coefficient (Wildman–Crippen LogP) is 15.7. The molecular weight excluding hydrogens is 1110 g/mol. The molecule has 0 saturated heterocycles. The standard InChI is InChI=1S/C70H128N2O15/c1-9-15-20-25-29-31-35-41-51-81-65(75)55-61(67(77)83-53-43-33-27-22-17-11-3)69(79)85-57-59(72(50-40-37-39-49-71(7)8)63(73)47-48-64(74)87-60(45-14-6)46-38-24-19-13-5)58-86-70(80)62(68(78)84-54-44-34-28-23-18-12-4)56-66(76)82-52-42-36-32-30-26-21-16-10-2/h59-62H,9-58H2,1-8H3. The Hall–Kier alpha value is -4.28. The van der Waals surface area contributed by atoms with Crippen LogP contribution in [0.5, 0.6) is 0 Å². The molecule has 0 fully saturated rings. The number of ether oxygens (including phenoxy) is 7. The summed E-state index contributed by atoms with van der Waals surface area (Å²) in [6.45, 7) is 12.8. The van der Waals surface area contributed by atoms with Crippen LogP contribution in [0.4, 0.5) is 0 Å². The Labute approximate surface area is 529 Å². The number of hydrogen-bond donors (Lipinski definition) is 0. The number of esters is 7. The van der Waals surface area contributed by atoms with Crippen molar-refractivity contribution >= 4 is 47.7 Å². The number of carbonyl (C=O) groups excluding carboxylic acids is 8. The monoisotopic (exact) mass is 1240 g/mol. The highest BCUT2D eigenvalue weighted by atomic mass is 16.6. The van der Waals surface area contributed by atoms with Gasteiger partial charge in [-0.1, -0.05) is 228 Å². The summed E-state index contributed by atoms with van der Waals surface area (Å²) in [4.78, 5) is 115. The molecule has 3 atom stereocenters. The van der Waals surface area contributed by atoms with Gasteiger partial charge < -0.3 is 43.0 Å². The van der Waals surface area contributed by atoms with Gasteiger partial charge in [0, 0.05) is 13.0 Å². The summed E-state index contributed by atoms with van der Waals surface area (Å²) in [6, 6.07) is -1.22. The first-order valence-electron chi connectivity index (χ1n) is 35.3. The second-order valence-corrected chi connectivity index (χ2v) is 24.4. The molecule has 0 saturated carbocycles. The van der Waals surface area contributed by atoms with Crippen LogP contribution in [0.1, 0.15) is 311 Å². The highest BCUT2D eigenvalue weighted by molar-refractivity contribution is 5.99. The third-order valence-electron chi connectivity index (χ3n) is 15.8. The summed E-state index contributed by atoms with van der Waals surface area (Å²) >= 11 is 0. The van der Waals surface area contributed by atoms with E-state index < -0.39 is 91.6 Å². The molecule has 0 N–H and O–H groups in total. The van der Waals surface area contributed by atoms with Crippen LogP contribution in [0, 0.1) is 11.8 Å². The van der Waals surface area contributed by atoms with E-state index in [1.807, 2.05) is 21.0 Å². The van der Waals surface area contributed by atoms with E-state index in [9.17, 15) is 38.4 Å². The molecular formula is C70H128N2O15. The molecule has 0 aromatic heterocycles. The fraction of sp³-hybridized carbons (Fsp3) is 0.886. The van der Waals surface area contributed by atoms with Crippen LogP contribution in [0.25, 0.3) is 0 Å². The number of amides is 1. The zero-order valence-corrected chi connectivity index (χ0v) is 56.7. The minimum atomic E-state index is -1.70. The van der Waals surface area contributed by atoms with E-state index in [1.165, 1.54) is 43.4 Å². The molecule has 0 rings (SSSR count). The van der Waals surface area contributed by atoms with Gasteiger partial charge in [0.25, 0.3) is 0 Å².